The van der Waals surface area contributed by atoms with E-state index in [2.05, 4.69) is 30.5 Å². The molecule has 100 valence electrons. The second-order valence-electron chi connectivity index (χ2n) is 4.57. The first-order chi connectivity index (χ1) is 8.62. The zero-order chi connectivity index (χ0) is 13.5. The zero-order valence-electron chi connectivity index (χ0n) is 11.8. The Balaban J connectivity index is 2.66. The highest BCUT2D eigenvalue weighted by molar-refractivity contribution is 5.89. The molecular weight excluding hydrogens is 226 g/mol. The Bertz CT molecular complexity index is 369. The standard InChI is InChI=1S/C15H23NO2/c1-5-14(6-2)16(3)11-12-7-9-13(10-8-12)15(17)18-4/h7-10,14H,5-6,11H2,1-4H3. The molecule has 0 aromatic heterocycles. The number of hydrogen-bond acceptors (Lipinski definition) is 3. The van der Waals surface area contributed by atoms with Crippen LogP contribution in [-0.2, 0) is 11.3 Å². The van der Waals surface area contributed by atoms with Gasteiger partial charge in [0.2, 0.25) is 0 Å². The van der Waals surface area contributed by atoms with Crippen LogP contribution in [0.15, 0.2) is 24.3 Å². The number of ether oxygens (including phenoxy) is 1. The lowest BCUT2D eigenvalue weighted by Crippen LogP contribution is -2.29. The largest absolute Gasteiger partial charge is 0.465 e. The minimum Gasteiger partial charge on any atom is -0.465 e. The van der Waals surface area contributed by atoms with Crippen LogP contribution < -0.4 is 0 Å². The summed E-state index contributed by atoms with van der Waals surface area (Å²) in [4.78, 5) is 13.7. The molecule has 3 heteroatoms. The molecule has 0 N–H and O–H groups in total. The topological polar surface area (TPSA) is 29.5 Å². The van der Waals surface area contributed by atoms with Gasteiger partial charge in [-0.05, 0) is 37.6 Å². The molecule has 0 fully saturated rings. The highest BCUT2D eigenvalue weighted by Gasteiger charge is 2.11. The maximum atomic E-state index is 11.3. The Labute approximate surface area is 110 Å². The Morgan fingerprint density at radius 2 is 1.78 bits per heavy atom. The van der Waals surface area contributed by atoms with Crippen molar-refractivity contribution in [2.75, 3.05) is 14.2 Å². The number of esters is 1. The van der Waals surface area contributed by atoms with Crippen molar-refractivity contribution in [2.24, 2.45) is 0 Å². The van der Waals surface area contributed by atoms with E-state index in [1.165, 1.54) is 12.7 Å². The van der Waals surface area contributed by atoms with Gasteiger partial charge in [0.15, 0.2) is 0 Å². The van der Waals surface area contributed by atoms with Crippen molar-refractivity contribution in [3.8, 4) is 0 Å². The molecular formula is C15H23NO2. The van der Waals surface area contributed by atoms with Gasteiger partial charge in [-0.2, -0.15) is 0 Å². The molecule has 0 aliphatic rings. The lowest BCUT2D eigenvalue weighted by atomic mass is 10.1. The van der Waals surface area contributed by atoms with Crippen molar-refractivity contribution in [1.29, 1.82) is 0 Å². The van der Waals surface area contributed by atoms with Crippen LogP contribution in [0.1, 0.15) is 42.6 Å². The van der Waals surface area contributed by atoms with Crippen LogP contribution in [0.3, 0.4) is 0 Å². The fraction of sp³-hybridized carbons (Fsp3) is 0.533. The fourth-order valence-corrected chi connectivity index (χ4v) is 2.19. The number of carbonyl (C=O) groups excluding carboxylic acids is 1. The fourth-order valence-electron chi connectivity index (χ4n) is 2.19. The van der Waals surface area contributed by atoms with E-state index in [0.717, 1.165) is 19.4 Å². The van der Waals surface area contributed by atoms with E-state index in [4.69, 9.17) is 0 Å². The summed E-state index contributed by atoms with van der Waals surface area (Å²) in [5.41, 5.74) is 1.82. The first kappa shape index (κ1) is 14.7. The normalized spacial score (nSPS) is 11.0. The summed E-state index contributed by atoms with van der Waals surface area (Å²) in [5.74, 6) is -0.283. The Hall–Kier alpha value is -1.35. The summed E-state index contributed by atoms with van der Waals surface area (Å²) < 4.78 is 4.68. The number of rotatable bonds is 6. The van der Waals surface area contributed by atoms with Crippen LogP contribution in [0.2, 0.25) is 0 Å². The van der Waals surface area contributed by atoms with Gasteiger partial charge >= 0.3 is 5.97 Å². The summed E-state index contributed by atoms with van der Waals surface area (Å²) in [6.07, 6.45) is 2.32. The lowest BCUT2D eigenvalue weighted by Gasteiger charge is -2.26. The van der Waals surface area contributed by atoms with E-state index in [1.54, 1.807) is 0 Å². The predicted octanol–water partition coefficient (Wildman–Crippen LogP) is 3.09. The highest BCUT2D eigenvalue weighted by Crippen LogP contribution is 2.12. The van der Waals surface area contributed by atoms with Crippen LogP contribution in [0.4, 0.5) is 0 Å². The third-order valence-corrected chi connectivity index (χ3v) is 3.37. The lowest BCUT2D eigenvalue weighted by molar-refractivity contribution is 0.0600. The molecule has 0 aliphatic heterocycles. The van der Waals surface area contributed by atoms with Crippen molar-refractivity contribution < 1.29 is 9.53 Å². The van der Waals surface area contributed by atoms with Crippen LogP contribution in [0.5, 0.6) is 0 Å². The molecule has 0 atom stereocenters. The van der Waals surface area contributed by atoms with E-state index >= 15 is 0 Å². The van der Waals surface area contributed by atoms with Crippen molar-refractivity contribution in [2.45, 2.75) is 39.3 Å². The molecule has 0 spiro atoms. The SMILES string of the molecule is CCC(CC)N(C)Cc1ccc(C(=O)OC)cc1. The monoisotopic (exact) mass is 249 g/mol. The molecule has 1 aromatic rings. The van der Waals surface area contributed by atoms with Crippen molar-refractivity contribution in [3.63, 3.8) is 0 Å². The summed E-state index contributed by atoms with van der Waals surface area (Å²) in [6, 6.07) is 8.24. The summed E-state index contributed by atoms with van der Waals surface area (Å²) >= 11 is 0. The maximum absolute atomic E-state index is 11.3. The quantitative estimate of drug-likeness (QED) is 0.726. The minimum atomic E-state index is -0.283. The number of methoxy groups -OCH3 is 1. The molecule has 1 aromatic carbocycles. The first-order valence-electron chi connectivity index (χ1n) is 6.49. The van der Waals surface area contributed by atoms with Gasteiger partial charge in [0.05, 0.1) is 12.7 Å². The molecule has 0 aliphatic carbocycles. The zero-order valence-corrected chi connectivity index (χ0v) is 11.8. The van der Waals surface area contributed by atoms with Gasteiger partial charge in [0.1, 0.15) is 0 Å². The van der Waals surface area contributed by atoms with Gasteiger partial charge in [-0.15, -0.1) is 0 Å². The predicted molar refractivity (Wildman–Crippen MR) is 73.6 cm³/mol. The highest BCUT2D eigenvalue weighted by atomic mass is 16.5. The molecule has 0 saturated heterocycles. The van der Waals surface area contributed by atoms with E-state index in [1.807, 2.05) is 24.3 Å². The number of hydrogen-bond donors (Lipinski definition) is 0. The van der Waals surface area contributed by atoms with Crippen molar-refractivity contribution >= 4 is 5.97 Å². The van der Waals surface area contributed by atoms with Crippen LogP contribution in [-0.4, -0.2) is 31.1 Å². The summed E-state index contributed by atoms with van der Waals surface area (Å²) in [7, 11) is 3.54. The average Bonchev–Trinajstić information content (AvgIpc) is 2.40. The third kappa shape index (κ3) is 3.84. The number of nitrogens with zero attached hydrogens (tertiary/aromatic N) is 1. The van der Waals surface area contributed by atoms with Crippen molar-refractivity contribution in [1.82, 2.24) is 4.90 Å². The number of benzene rings is 1. The first-order valence-corrected chi connectivity index (χ1v) is 6.49. The second-order valence-corrected chi connectivity index (χ2v) is 4.57. The molecule has 0 unspecified atom stereocenters. The van der Waals surface area contributed by atoms with Crippen molar-refractivity contribution in [3.05, 3.63) is 35.4 Å². The van der Waals surface area contributed by atoms with Gasteiger partial charge in [0, 0.05) is 12.6 Å². The molecule has 0 radical (unpaired) electrons. The maximum Gasteiger partial charge on any atom is 0.337 e. The third-order valence-electron chi connectivity index (χ3n) is 3.37. The van der Waals surface area contributed by atoms with Crippen LogP contribution >= 0.6 is 0 Å². The van der Waals surface area contributed by atoms with E-state index in [-0.39, 0.29) is 5.97 Å². The van der Waals surface area contributed by atoms with Gasteiger partial charge in [-0.1, -0.05) is 26.0 Å². The van der Waals surface area contributed by atoms with Gasteiger partial charge in [0.25, 0.3) is 0 Å². The van der Waals surface area contributed by atoms with Gasteiger partial charge in [-0.3, -0.25) is 4.90 Å². The van der Waals surface area contributed by atoms with E-state index < -0.39 is 0 Å². The molecule has 0 amide bonds. The molecule has 0 bridgehead atoms. The van der Waals surface area contributed by atoms with Gasteiger partial charge in [-0.25, -0.2) is 4.79 Å². The Kier molecular flexibility index (Phi) is 5.86. The van der Waals surface area contributed by atoms with Gasteiger partial charge < -0.3 is 4.74 Å². The summed E-state index contributed by atoms with van der Waals surface area (Å²) in [5, 5.41) is 0. The van der Waals surface area contributed by atoms with E-state index in [9.17, 15) is 4.79 Å². The minimum absolute atomic E-state index is 0.283. The summed E-state index contributed by atoms with van der Waals surface area (Å²) in [6.45, 7) is 5.34. The van der Waals surface area contributed by atoms with E-state index in [0.29, 0.717) is 11.6 Å². The Morgan fingerprint density at radius 1 is 1.22 bits per heavy atom. The average molecular weight is 249 g/mol. The smallest absolute Gasteiger partial charge is 0.337 e. The molecule has 1 rings (SSSR count). The molecule has 18 heavy (non-hydrogen) atoms. The van der Waals surface area contributed by atoms with Crippen LogP contribution in [0.25, 0.3) is 0 Å². The Morgan fingerprint density at radius 3 is 2.22 bits per heavy atom. The number of carbonyl (C=O) groups is 1. The van der Waals surface area contributed by atoms with Crippen LogP contribution in [0, 0.1) is 0 Å². The second kappa shape index (κ2) is 7.17. The molecule has 0 heterocycles. The molecule has 3 nitrogen and oxygen atoms in total. The molecule has 0 saturated carbocycles.